The van der Waals surface area contributed by atoms with Gasteiger partial charge in [0.05, 0.1) is 26.4 Å². The van der Waals surface area contributed by atoms with E-state index in [-0.39, 0.29) is 5.82 Å². The van der Waals surface area contributed by atoms with Gasteiger partial charge in [0.1, 0.15) is 0 Å². The molecule has 8 nitrogen and oxygen atoms in total. The summed E-state index contributed by atoms with van der Waals surface area (Å²) in [6.45, 7) is 10.3. The largest absolute Gasteiger partial charge is 0.378 e. The topological polar surface area (TPSA) is 57.2 Å². The SMILES string of the molecule is Cc1ccc(N2CCN(c3nc(N4CCOCC4)nc(N4CCOCC4)c3F)CC2)cc1. The number of hydrogen-bond donors (Lipinski definition) is 0. The average Bonchev–Trinajstić information content (AvgIpc) is 2.86. The van der Waals surface area contributed by atoms with Crippen molar-refractivity contribution in [3.63, 3.8) is 0 Å². The number of aromatic nitrogens is 2. The number of halogens is 1. The predicted octanol–water partition coefficient (Wildman–Crippen LogP) is 1.92. The van der Waals surface area contributed by atoms with E-state index in [1.165, 1.54) is 11.3 Å². The fraction of sp³-hybridized carbons (Fsp3) is 0.565. The van der Waals surface area contributed by atoms with Gasteiger partial charge in [0.25, 0.3) is 0 Å². The number of hydrogen-bond acceptors (Lipinski definition) is 8. The number of morpholine rings is 2. The normalized spacial score (nSPS) is 20.1. The number of piperazine rings is 1. The zero-order valence-corrected chi connectivity index (χ0v) is 18.7. The second-order valence-electron chi connectivity index (χ2n) is 8.49. The minimum absolute atomic E-state index is 0.326. The molecule has 4 heterocycles. The fourth-order valence-electron chi connectivity index (χ4n) is 4.44. The van der Waals surface area contributed by atoms with Gasteiger partial charge in [-0.15, -0.1) is 0 Å². The molecule has 3 fully saturated rings. The number of aryl methyl sites for hydroxylation is 1. The minimum atomic E-state index is -0.326. The Morgan fingerprint density at radius 1 is 0.656 bits per heavy atom. The van der Waals surface area contributed by atoms with Gasteiger partial charge in [-0.1, -0.05) is 17.7 Å². The molecule has 5 rings (SSSR count). The van der Waals surface area contributed by atoms with E-state index in [1.807, 2.05) is 4.90 Å². The van der Waals surface area contributed by atoms with Gasteiger partial charge in [-0.05, 0) is 19.1 Å². The molecule has 0 amide bonds. The number of anilines is 4. The van der Waals surface area contributed by atoms with Crippen LogP contribution >= 0.6 is 0 Å². The number of rotatable bonds is 4. The molecule has 172 valence electrons. The summed E-state index contributed by atoms with van der Waals surface area (Å²) in [5.41, 5.74) is 2.46. The van der Waals surface area contributed by atoms with Crippen LogP contribution in [0.25, 0.3) is 0 Å². The van der Waals surface area contributed by atoms with Crippen molar-refractivity contribution in [2.75, 3.05) is 98.4 Å². The predicted molar refractivity (Wildman–Crippen MR) is 124 cm³/mol. The fourth-order valence-corrected chi connectivity index (χ4v) is 4.44. The molecule has 0 N–H and O–H groups in total. The van der Waals surface area contributed by atoms with E-state index in [1.54, 1.807) is 0 Å². The lowest BCUT2D eigenvalue weighted by atomic mass is 10.2. The first-order valence-corrected chi connectivity index (χ1v) is 11.5. The van der Waals surface area contributed by atoms with Crippen molar-refractivity contribution < 1.29 is 13.9 Å². The van der Waals surface area contributed by atoms with Crippen LogP contribution in [0.1, 0.15) is 5.56 Å². The second kappa shape index (κ2) is 9.46. The molecule has 0 atom stereocenters. The number of ether oxygens (including phenoxy) is 2. The highest BCUT2D eigenvalue weighted by atomic mass is 19.1. The standard InChI is InChI=1S/C23H31FN6O2/c1-18-2-4-19(5-3-18)27-6-8-28(9-7-27)21-20(24)22(29-10-14-31-15-11-29)26-23(25-21)30-12-16-32-17-13-30/h2-5H,6-17H2,1H3. The maximum absolute atomic E-state index is 15.7. The zero-order chi connectivity index (χ0) is 21.9. The molecule has 3 aliphatic rings. The van der Waals surface area contributed by atoms with Crippen molar-refractivity contribution >= 4 is 23.3 Å². The van der Waals surface area contributed by atoms with Gasteiger partial charge < -0.3 is 29.1 Å². The summed E-state index contributed by atoms with van der Waals surface area (Å²) in [6, 6.07) is 8.58. The molecule has 0 saturated carbocycles. The van der Waals surface area contributed by atoms with Gasteiger partial charge in [-0.2, -0.15) is 14.4 Å². The van der Waals surface area contributed by atoms with Crippen LogP contribution in [0.4, 0.5) is 27.7 Å². The third-order valence-electron chi connectivity index (χ3n) is 6.39. The highest BCUT2D eigenvalue weighted by Gasteiger charge is 2.28. The van der Waals surface area contributed by atoms with Crippen molar-refractivity contribution in [2.24, 2.45) is 0 Å². The lowest BCUT2D eigenvalue weighted by Crippen LogP contribution is -2.47. The first kappa shape index (κ1) is 21.2. The molecule has 1 aromatic heterocycles. The Kier molecular flexibility index (Phi) is 6.27. The number of benzene rings is 1. The molecular weight excluding hydrogens is 411 g/mol. The molecule has 2 aromatic rings. The first-order valence-electron chi connectivity index (χ1n) is 11.5. The molecule has 0 spiro atoms. The maximum Gasteiger partial charge on any atom is 0.229 e. The summed E-state index contributed by atoms with van der Waals surface area (Å²) in [5, 5.41) is 0. The molecule has 1 aromatic carbocycles. The van der Waals surface area contributed by atoms with Crippen LogP contribution in [-0.2, 0) is 9.47 Å². The summed E-state index contributed by atoms with van der Waals surface area (Å²) in [4.78, 5) is 17.9. The molecule has 0 radical (unpaired) electrons. The molecular formula is C23H31FN6O2. The van der Waals surface area contributed by atoms with Gasteiger partial charge in [0.2, 0.25) is 11.8 Å². The van der Waals surface area contributed by atoms with Crippen LogP contribution in [0.15, 0.2) is 24.3 Å². The molecule has 32 heavy (non-hydrogen) atoms. The summed E-state index contributed by atoms with van der Waals surface area (Å²) < 4.78 is 26.7. The lowest BCUT2D eigenvalue weighted by Gasteiger charge is -2.38. The van der Waals surface area contributed by atoms with Gasteiger partial charge in [-0.25, -0.2) is 0 Å². The Morgan fingerprint density at radius 3 is 1.69 bits per heavy atom. The van der Waals surface area contributed by atoms with Crippen LogP contribution in [0.5, 0.6) is 0 Å². The Bertz CT molecular complexity index is 907. The second-order valence-corrected chi connectivity index (χ2v) is 8.49. The van der Waals surface area contributed by atoms with E-state index in [0.29, 0.717) is 70.2 Å². The van der Waals surface area contributed by atoms with E-state index in [0.717, 1.165) is 26.2 Å². The van der Waals surface area contributed by atoms with Crippen LogP contribution in [0, 0.1) is 12.7 Å². The lowest BCUT2D eigenvalue weighted by molar-refractivity contribution is 0.121. The molecule has 0 aliphatic carbocycles. The summed E-state index contributed by atoms with van der Waals surface area (Å²) in [5.74, 6) is 1.06. The van der Waals surface area contributed by atoms with Crippen molar-refractivity contribution in [1.82, 2.24) is 9.97 Å². The third kappa shape index (κ3) is 4.45. The van der Waals surface area contributed by atoms with E-state index in [9.17, 15) is 0 Å². The number of nitrogens with zero attached hydrogens (tertiary/aromatic N) is 6. The summed E-state index contributed by atoms with van der Waals surface area (Å²) >= 11 is 0. The highest BCUT2D eigenvalue weighted by molar-refractivity contribution is 5.59. The Hall–Kier alpha value is -2.65. The molecule has 9 heteroatoms. The van der Waals surface area contributed by atoms with E-state index >= 15 is 4.39 Å². The summed E-state index contributed by atoms with van der Waals surface area (Å²) in [7, 11) is 0. The molecule has 3 aliphatic heterocycles. The van der Waals surface area contributed by atoms with Crippen molar-refractivity contribution in [3.8, 4) is 0 Å². The van der Waals surface area contributed by atoms with Crippen LogP contribution in [-0.4, -0.2) is 88.8 Å². The Balaban J connectivity index is 1.40. The smallest absolute Gasteiger partial charge is 0.229 e. The van der Waals surface area contributed by atoms with Gasteiger partial charge in [-0.3, -0.25) is 0 Å². The quantitative estimate of drug-likeness (QED) is 0.712. The Labute approximate surface area is 188 Å². The monoisotopic (exact) mass is 442 g/mol. The highest BCUT2D eigenvalue weighted by Crippen LogP contribution is 2.30. The van der Waals surface area contributed by atoms with Crippen LogP contribution in [0.3, 0.4) is 0 Å². The average molecular weight is 443 g/mol. The molecule has 0 unspecified atom stereocenters. The van der Waals surface area contributed by atoms with Crippen LogP contribution < -0.4 is 19.6 Å². The van der Waals surface area contributed by atoms with Crippen LogP contribution in [0.2, 0.25) is 0 Å². The van der Waals surface area contributed by atoms with Crippen molar-refractivity contribution in [2.45, 2.75) is 6.92 Å². The maximum atomic E-state index is 15.7. The van der Waals surface area contributed by atoms with E-state index in [2.05, 4.69) is 50.9 Å². The first-order chi connectivity index (χ1) is 15.7. The Morgan fingerprint density at radius 2 is 1.12 bits per heavy atom. The van der Waals surface area contributed by atoms with Gasteiger partial charge in [0.15, 0.2) is 11.6 Å². The van der Waals surface area contributed by atoms with E-state index in [4.69, 9.17) is 14.5 Å². The molecule has 0 bridgehead atoms. The van der Waals surface area contributed by atoms with Gasteiger partial charge >= 0.3 is 0 Å². The van der Waals surface area contributed by atoms with Crippen molar-refractivity contribution in [3.05, 3.63) is 35.6 Å². The zero-order valence-electron chi connectivity index (χ0n) is 18.7. The van der Waals surface area contributed by atoms with Crippen molar-refractivity contribution in [1.29, 1.82) is 0 Å². The van der Waals surface area contributed by atoms with Gasteiger partial charge in [0, 0.05) is 58.0 Å². The minimum Gasteiger partial charge on any atom is -0.378 e. The third-order valence-corrected chi connectivity index (χ3v) is 6.39. The van der Waals surface area contributed by atoms with E-state index < -0.39 is 0 Å². The summed E-state index contributed by atoms with van der Waals surface area (Å²) in [6.07, 6.45) is 0. The molecule has 3 saturated heterocycles.